The maximum Gasteiger partial charge on any atom is 0.229 e. The van der Waals surface area contributed by atoms with E-state index in [0.717, 1.165) is 27.0 Å². The fraction of sp³-hybridized carbons (Fsp3) is 0.263. The number of benzene rings is 2. The summed E-state index contributed by atoms with van der Waals surface area (Å²) in [4.78, 5) is 26.6. The van der Waals surface area contributed by atoms with Gasteiger partial charge in [0, 0.05) is 23.1 Å². The lowest BCUT2D eigenvalue weighted by Gasteiger charge is -2.18. The molecule has 5 heteroatoms. The molecule has 1 N–H and O–H groups in total. The monoisotopic (exact) mass is 386 g/mol. The van der Waals surface area contributed by atoms with Crippen molar-refractivity contribution in [2.75, 3.05) is 16.8 Å². The Balaban J connectivity index is 1.74. The van der Waals surface area contributed by atoms with Crippen molar-refractivity contribution in [2.24, 2.45) is 5.92 Å². The van der Waals surface area contributed by atoms with Crippen molar-refractivity contribution in [2.45, 2.75) is 20.3 Å². The average molecular weight is 387 g/mol. The zero-order valence-corrected chi connectivity index (χ0v) is 15.3. The first-order valence-corrected chi connectivity index (χ1v) is 8.67. The molecule has 4 nitrogen and oxygen atoms in total. The van der Waals surface area contributed by atoms with E-state index in [-0.39, 0.29) is 24.2 Å². The lowest BCUT2D eigenvalue weighted by molar-refractivity contribution is -0.122. The van der Waals surface area contributed by atoms with Crippen LogP contribution < -0.4 is 10.2 Å². The number of rotatable bonds is 3. The summed E-state index contributed by atoms with van der Waals surface area (Å²) >= 11 is 3.42. The highest BCUT2D eigenvalue weighted by atomic mass is 79.9. The first-order chi connectivity index (χ1) is 11.4. The van der Waals surface area contributed by atoms with Gasteiger partial charge in [0.1, 0.15) is 0 Å². The van der Waals surface area contributed by atoms with Gasteiger partial charge in [-0.1, -0.05) is 18.2 Å². The average Bonchev–Trinajstić information content (AvgIpc) is 2.91. The smallest absolute Gasteiger partial charge is 0.229 e. The van der Waals surface area contributed by atoms with Crippen LogP contribution >= 0.6 is 15.9 Å². The molecule has 3 rings (SSSR count). The third-order valence-electron chi connectivity index (χ3n) is 4.15. The zero-order valence-electron chi connectivity index (χ0n) is 13.7. The van der Waals surface area contributed by atoms with E-state index in [0.29, 0.717) is 6.54 Å². The van der Waals surface area contributed by atoms with Gasteiger partial charge >= 0.3 is 0 Å². The number of nitrogens with zero attached hydrogens (tertiary/aromatic N) is 1. The summed E-state index contributed by atoms with van der Waals surface area (Å²) in [6.07, 6.45) is 0.239. The molecule has 24 heavy (non-hydrogen) atoms. The van der Waals surface area contributed by atoms with Crippen molar-refractivity contribution >= 4 is 39.1 Å². The number of carbonyl (C=O) groups is 2. The fourth-order valence-electron chi connectivity index (χ4n) is 3.04. The summed E-state index contributed by atoms with van der Waals surface area (Å²) in [5.74, 6) is -0.472. The van der Waals surface area contributed by atoms with E-state index in [2.05, 4.69) is 27.3 Å². The predicted molar refractivity (Wildman–Crippen MR) is 99.1 cm³/mol. The van der Waals surface area contributed by atoms with Crippen LogP contribution in [0.4, 0.5) is 11.4 Å². The van der Waals surface area contributed by atoms with Crippen LogP contribution in [0.25, 0.3) is 0 Å². The second kappa shape index (κ2) is 6.77. The summed E-state index contributed by atoms with van der Waals surface area (Å²) < 4.78 is 0.828. The van der Waals surface area contributed by atoms with E-state index in [9.17, 15) is 9.59 Å². The number of halogens is 1. The molecule has 0 spiro atoms. The van der Waals surface area contributed by atoms with E-state index in [1.165, 1.54) is 0 Å². The Morgan fingerprint density at radius 3 is 2.50 bits per heavy atom. The minimum atomic E-state index is -0.342. The molecule has 0 bridgehead atoms. The third kappa shape index (κ3) is 3.51. The van der Waals surface area contributed by atoms with Gasteiger partial charge in [-0.3, -0.25) is 9.59 Å². The summed E-state index contributed by atoms with van der Waals surface area (Å²) in [5.41, 5.74) is 3.81. The molecule has 2 aromatic rings. The molecule has 0 aliphatic carbocycles. The summed E-state index contributed by atoms with van der Waals surface area (Å²) in [6, 6.07) is 13.5. The lowest BCUT2D eigenvalue weighted by Crippen LogP contribution is -2.28. The maximum atomic E-state index is 12.5. The van der Waals surface area contributed by atoms with Crippen LogP contribution in [0.3, 0.4) is 0 Å². The number of nitrogens with one attached hydrogen (secondary N) is 1. The normalized spacial score (nSPS) is 17.2. The molecule has 1 unspecified atom stereocenters. The standard InChI is InChI=1S/C19H19BrN2O2/c1-12-7-13(2)9-15(8-12)22-11-14(10-18(22)23)19(24)21-17-6-4-3-5-16(17)20/h3-9,14H,10-11H2,1-2H3,(H,21,24). The minimum absolute atomic E-state index is 0.00715. The predicted octanol–water partition coefficient (Wildman–Crippen LogP) is 4.06. The highest BCUT2D eigenvalue weighted by Crippen LogP contribution is 2.28. The SMILES string of the molecule is Cc1cc(C)cc(N2CC(C(=O)Nc3ccccc3Br)CC2=O)c1. The number of aryl methyl sites for hydroxylation is 2. The first kappa shape index (κ1) is 16.7. The Morgan fingerprint density at radius 1 is 1.17 bits per heavy atom. The highest BCUT2D eigenvalue weighted by molar-refractivity contribution is 9.10. The van der Waals surface area contributed by atoms with Crippen molar-refractivity contribution in [3.8, 4) is 0 Å². The number of hydrogen-bond acceptors (Lipinski definition) is 2. The van der Waals surface area contributed by atoms with Gasteiger partial charge in [-0.05, 0) is 65.2 Å². The van der Waals surface area contributed by atoms with Crippen LogP contribution in [0.5, 0.6) is 0 Å². The minimum Gasteiger partial charge on any atom is -0.325 e. The van der Waals surface area contributed by atoms with Crippen molar-refractivity contribution in [1.82, 2.24) is 0 Å². The number of amides is 2. The summed E-state index contributed by atoms with van der Waals surface area (Å²) in [6.45, 7) is 4.43. The van der Waals surface area contributed by atoms with Crippen LogP contribution in [0.2, 0.25) is 0 Å². The molecule has 1 saturated heterocycles. The molecule has 1 aliphatic heterocycles. The Kier molecular flexibility index (Phi) is 4.71. The van der Waals surface area contributed by atoms with Crippen molar-refractivity contribution in [1.29, 1.82) is 0 Å². The Labute approximate surface area is 150 Å². The van der Waals surface area contributed by atoms with Gasteiger partial charge in [-0.15, -0.1) is 0 Å². The van der Waals surface area contributed by atoms with E-state index in [4.69, 9.17) is 0 Å². The molecule has 1 heterocycles. The second-order valence-corrected chi connectivity index (χ2v) is 7.07. The van der Waals surface area contributed by atoms with E-state index >= 15 is 0 Å². The van der Waals surface area contributed by atoms with Gasteiger partial charge in [0.25, 0.3) is 0 Å². The topological polar surface area (TPSA) is 49.4 Å². The van der Waals surface area contributed by atoms with Crippen LogP contribution in [0, 0.1) is 19.8 Å². The van der Waals surface area contributed by atoms with Gasteiger partial charge in [0.15, 0.2) is 0 Å². The van der Waals surface area contributed by atoms with Crippen molar-refractivity contribution in [3.63, 3.8) is 0 Å². The van der Waals surface area contributed by atoms with Gasteiger partial charge in [-0.2, -0.15) is 0 Å². The third-order valence-corrected chi connectivity index (χ3v) is 4.84. The first-order valence-electron chi connectivity index (χ1n) is 7.88. The number of hydrogen-bond donors (Lipinski definition) is 1. The van der Waals surface area contributed by atoms with Crippen molar-refractivity contribution in [3.05, 3.63) is 58.1 Å². The molecule has 0 radical (unpaired) electrons. The lowest BCUT2D eigenvalue weighted by atomic mass is 10.1. The highest BCUT2D eigenvalue weighted by Gasteiger charge is 2.35. The van der Waals surface area contributed by atoms with Gasteiger partial charge in [0.2, 0.25) is 11.8 Å². The molecular formula is C19H19BrN2O2. The number of carbonyl (C=O) groups excluding carboxylic acids is 2. The van der Waals surface area contributed by atoms with Crippen LogP contribution in [-0.2, 0) is 9.59 Å². The zero-order chi connectivity index (χ0) is 17.3. The summed E-state index contributed by atoms with van der Waals surface area (Å²) in [7, 11) is 0. The van der Waals surface area contributed by atoms with E-state index < -0.39 is 0 Å². The Hall–Kier alpha value is -2.14. The van der Waals surface area contributed by atoms with Crippen LogP contribution in [0.1, 0.15) is 17.5 Å². The van der Waals surface area contributed by atoms with E-state index in [1.807, 2.05) is 50.2 Å². The molecule has 1 fully saturated rings. The van der Waals surface area contributed by atoms with Crippen molar-refractivity contribution < 1.29 is 9.59 Å². The fourth-order valence-corrected chi connectivity index (χ4v) is 3.42. The molecule has 1 aliphatic rings. The quantitative estimate of drug-likeness (QED) is 0.864. The molecule has 2 aromatic carbocycles. The van der Waals surface area contributed by atoms with Crippen LogP contribution in [-0.4, -0.2) is 18.4 Å². The largest absolute Gasteiger partial charge is 0.325 e. The van der Waals surface area contributed by atoms with Gasteiger partial charge < -0.3 is 10.2 Å². The van der Waals surface area contributed by atoms with Gasteiger partial charge in [-0.25, -0.2) is 0 Å². The molecule has 1 atom stereocenters. The molecule has 2 amide bonds. The second-order valence-electron chi connectivity index (χ2n) is 6.22. The maximum absolute atomic E-state index is 12.5. The van der Waals surface area contributed by atoms with Gasteiger partial charge in [0.05, 0.1) is 11.6 Å². The van der Waals surface area contributed by atoms with Crippen LogP contribution in [0.15, 0.2) is 46.9 Å². The molecule has 0 saturated carbocycles. The Bertz CT molecular complexity index is 783. The van der Waals surface area contributed by atoms with E-state index in [1.54, 1.807) is 4.90 Å². The molecular weight excluding hydrogens is 368 g/mol. The number of anilines is 2. The molecule has 124 valence electrons. The Morgan fingerprint density at radius 2 is 1.83 bits per heavy atom. The summed E-state index contributed by atoms with van der Waals surface area (Å²) in [5, 5.41) is 2.90. The molecule has 0 aromatic heterocycles. The number of para-hydroxylation sites is 1.